The molecule has 0 radical (unpaired) electrons. The van der Waals surface area contributed by atoms with Gasteiger partial charge in [-0.15, -0.1) is 0 Å². The van der Waals surface area contributed by atoms with Gasteiger partial charge >= 0.3 is 0 Å². The second-order valence-electron chi connectivity index (χ2n) is 8.11. The van der Waals surface area contributed by atoms with Gasteiger partial charge in [-0.2, -0.15) is 4.98 Å². The van der Waals surface area contributed by atoms with E-state index in [-0.39, 0.29) is 11.8 Å². The molecule has 1 aromatic carbocycles. The zero-order chi connectivity index (χ0) is 21.3. The molecule has 0 bridgehead atoms. The molecule has 30 heavy (non-hydrogen) atoms. The van der Waals surface area contributed by atoms with E-state index in [2.05, 4.69) is 39.1 Å². The maximum absolute atomic E-state index is 12.5. The van der Waals surface area contributed by atoms with E-state index >= 15 is 0 Å². The zero-order valence-electron chi connectivity index (χ0n) is 18.6. The van der Waals surface area contributed by atoms with E-state index in [1.54, 1.807) is 0 Å². The average Bonchev–Trinajstić information content (AvgIpc) is 3.23. The van der Waals surface area contributed by atoms with Crippen molar-refractivity contribution in [2.24, 2.45) is 5.92 Å². The Hall–Kier alpha value is -2.25. The number of hydrogen-bond acceptors (Lipinski definition) is 6. The number of amides is 1. The normalized spacial score (nSPS) is 15.6. The van der Waals surface area contributed by atoms with E-state index < -0.39 is 0 Å². The molecule has 3 rings (SSSR count). The van der Waals surface area contributed by atoms with Gasteiger partial charge in [0, 0.05) is 18.0 Å². The molecule has 1 amide bonds. The topological polar surface area (TPSA) is 74.5 Å². The number of rotatable bonds is 10. The van der Waals surface area contributed by atoms with Crippen LogP contribution in [0.3, 0.4) is 0 Å². The van der Waals surface area contributed by atoms with E-state index in [0.717, 1.165) is 64.1 Å². The molecule has 0 aliphatic carbocycles. The molecule has 0 saturated carbocycles. The molecule has 1 aliphatic rings. The molecule has 1 N–H and O–H groups in total. The minimum Gasteiger partial charge on any atom is -0.356 e. The van der Waals surface area contributed by atoms with Gasteiger partial charge in [0.15, 0.2) is 5.82 Å². The van der Waals surface area contributed by atoms with Crippen LogP contribution in [0.2, 0.25) is 0 Å². The molecule has 164 valence electrons. The standard InChI is InChI=1S/C23H35N5O2/c1-4-27(5-2)13-7-12-24-22(29)19-10-14-28(15-11-19)17-21-25-23(30-26-21)20-9-6-8-18(3)16-20/h6,8-9,16,19H,4-5,7,10-15,17H2,1-3H3,(H,24,29). The fourth-order valence-corrected chi connectivity index (χ4v) is 3.97. The molecule has 1 aromatic heterocycles. The highest BCUT2D eigenvalue weighted by Gasteiger charge is 2.25. The van der Waals surface area contributed by atoms with E-state index in [0.29, 0.717) is 18.3 Å². The van der Waals surface area contributed by atoms with Crippen LogP contribution in [0.5, 0.6) is 0 Å². The first-order valence-corrected chi connectivity index (χ1v) is 11.2. The number of aryl methyl sites for hydroxylation is 1. The minimum atomic E-state index is 0.114. The van der Waals surface area contributed by atoms with Gasteiger partial charge in [-0.05, 0) is 71.0 Å². The lowest BCUT2D eigenvalue weighted by molar-refractivity contribution is -0.126. The highest BCUT2D eigenvalue weighted by Crippen LogP contribution is 2.21. The van der Waals surface area contributed by atoms with E-state index in [1.807, 2.05) is 31.2 Å². The molecular weight excluding hydrogens is 378 g/mol. The number of benzene rings is 1. The lowest BCUT2D eigenvalue weighted by atomic mass is 9.96. The van der Waals surface area contributed by atoms with Gasteiger partial charge < -0.3 is 14.7 Å². The lowest BCUT2D eigenvalue weighted by Gasteiger charge is -2.30. The number of aromatic nitrogens is 2. The minimum absolute atomic E-state index is 0.114. The molecule has 7 nitrogen and oxygen atoms in total. The maximum atomic E-state index is 12.5. The summed E-state index contributed by atoms with van der Waals surface area (Å²) in [5.74, 6) is 1.58. The maximum Gasteiger partial charge on any atom is 0.257 e. The molecule has 2 aromatic rings. The second kappa shape index (κ2) is 11.2. The molecular formula is C23H35N5O2. The summed E-state index contributed by atoms with van der Waals surface area (Å²) in [6.45, 7) is 12.8. The van der Waals surface area contributed by atoms with Gasteiger partial charge in [-0.25, -0.2) is 0 Å². The highest BCUT2D eigenvalue weighted by atomic mass is 16.5. The third-order valence-electron chi connectivity index (χ3n) is 5.90. The van der Waals surface area contributed by atoms with Crippen molar-refractivity contribution >= 4 is 5.91 Å². The quantitative estimate of drug-likeness (QED) is 0.603. The van der Waals surface area contributed by atoms with Crippen molar-refractivity contribution in [3.8, 4) is 11.5 Å². The number of hydrogen-bond donors (Lipinski definition) is 1. The highest BCUT2D eigenvalue weighted by molar-refractivity contribution is 5.78. The van der Waals surface area contributed by atoms with Crippen molar-refractivity contribution < 1.29 is 9.32 Å². The number of nitrogens with one attached hydrogen (secondary N) is 1. The Bertz CT molecular complexity index is 794. The number of piperidine rings is 1. The third kappa shape index (κ3) is 6.37. The summed E-state index contributed by atoms with van der Waals surface area (Å²) in [7, 11) is 0. The molecule has 7 heteroatoms. The Morgan fingerprint density at radius 2 is 2.03 bits per heavy atom. The first-order valence-electron chi connectivity index (χ1n) is 11.2. The summed E-state index contributed by atoms with van der Waals surface area (Å²) in [6.07, 6.45) is 2.77. The third-order valence-corrected chi connectivity index (χ3v) is 5.90. The Labute approximate surface area is 179 Å². The zero-order valence-corrected chi connectivity index (χ0v) is 18.6. The van der Waals surface area contributed by atoms with Crippen LogP contribution in [-0.4, -0.2) is 65.1 Å². The van der Waals surface area contributed by atoms with E-state index in [9.17, 15) is 4.79 Å². The van der Waals surface area contributed by atoms with Crippen LogP contribution >= 0.6 is 0 Å². The SMILES string of the molecule is CCN(CC)CCCNC(=O)C1CCN(Cc2noc(-c3cccc(C)c3)n2)CC1. The van der Waals surface area contributed by atoms with Crippen molar-refractivity contribution in [1.82, 2.24) is 25.3 Å². The monoisotopic (exact) mass is 413 g/mol. The number of carbonyl (C=O) groups is 1. The predicted octanol–water partition coefficient (Wildman–Crippen LogP) is 3.11. The largest absolute Gasteiger partial charge is 0.356 e. The van der Waals surface area contributed by atoms with Gasteiger partial charge in [-0.3, -0.25) is 9.69 Å². The molecule has 0 spiro atoms. The molecule has 0 atom stereocenters. The van der Waals surface area contributed by atoms with Crippen molar-refractivity contribution in [3.05, 3.63) is 35.7 Å². The predicted molar refractivity (Wildman–Crippen MR) is 118 cm³/mol. The molecule has 1 saturated heterocycles. The molecule has 1 fully saturated rings. The fraction of sp³-hybridized carbons (Fsp3) is 0.609. The smallest absolute Gasteiger partial charge is 0.257 e. The second-order valence-corrected chi connectivity index (χ2v) is 8.11. The van der Waals surface area contributed by atoms with Crippen LogP contribution in [0.4, 0.5) is 0 Å². The van der Waals surface area contributed by atoms with Crippen LogP contribution in [0.15, 0.2) is 28.8 Å². The van der Waals surface area contributed by atoms with Gasteiger partial charge in [0.05, 0.1) is 6.54 Å². The summed E-state index contributed by atoms with van der Waals surface area (Å²) in [5, 5.41) is 7.26. The van der Waals surface area contributed by atoms with Crippen molar-refractivity contribution in [1.29, 1.82) is 0 Å². The van der Waals surface area contributed by atoms with Crippen LogP contribution in [-0.2, 0) is 11.3 Å². The molecule has 1 aliphatic heterocycles. The van der Waals surface area contributed by atoms with Crippen LogP contribution in [0, 0.1) is 12.8 Å². The summed E-state index contributed by atoms with van der Waals surface area (Å²) in [4.78, 5) is 21.7. The lowest BCUT2D eigenvalue weighted by Crippen LogP contribution is -2.41. The summed E-state index contributed by atoms with van der Waals surface area (Å²) in [6, 6.07) is 8.07. The van der Waals surface area contributed by atoms with E-state index in [4.69, 9.17) is 4.52 Å². The van der Waals surface area contributed by atoms with Crippen molar-refractivity contribution in [3.63, 3.8) is 0 Å². The summed E-state index contributed by atoms with van der Waals surface area (Å²) < 4.78 is 5.44. The number of likely N-dealkylation sites (tertiary alicyclic amines) is 1. The average molecular weight is 414 g/mol. The van der Waals surface area contributed by atoms with Crippen LogP contribution < -0.4 is 5.32 Å². The first kappa shape index (κ1) is 22.4. The van der Waals surface area contributed by atoms with Crippen molar-refractivity contribution in [2.75, 3.05) is 39.3 Å². The van der Waals surface area contributed by atoms with Gasteiger partial charge in [-0.1, -0.05) is 36.7 Å². The fourth-order valence-electron chi connectivity index (χ4n) is 3.97. The Morgan fingerprint density at radius 3 is 2.73 bits per heavy atom. The van der Waals surface area contributed by atoms with Crippen molar-refractivity contribution in [2.45, 2.75) is 46.6 Å². The van der Waals surface area contributed by atoms with Crippen LogP contribution in [0.1, 0.15) is 44.5 Å². The molecule has 0 unspecified atom stereocenters. The molecule has 2 heterocycles. The summed E-state index contributed by atoms with van der Waals surface area (Å²) >= 11 is 0. The van der Waals surface area contributed by atoms with Gasteiger partial charge in [0.25, 0.3) is 5.89 Å². The number of carbonyl (C=O) groups excluding carboxylic acids is 1. The Kier molecular flexibility index (Phi) is 8.39. The summed E-state index contributed by atoms with van der Waals surface area (Å²) in [5.41, 5.74) is 2.12. The van der Waals surface area contributed by atoms with Gasteiger partial charge in [0.2, 0.25) is 5.91 Å². The van der Waals surface area contributed by atoms with Gasteiger partial charge in [0.1, 0.15) is 0 Å². The first-order chi connectivity index (χ1) is 14.6. The Balaban J connectivity index is 1.39. The number of nitrogens with zero attached hydrogens (tertiary/aromatic N) is 4. The van der Waals surface area contributed by atoms with E-state index in [1.165, 1.54) is 5.56 Å². The Morgan fingerprint density at radius 1 is 1.27 bits per heavy atom. The van der Waals surface area contributed by atoms with Crippen LogP contribution in [0.25, 0.3) is 11.5 Å².